The summed E-state index contributed by atoms with van der Waals surface area (Å²) in [6, 6.07) is 13.1. The number of aryl methyl sites for hydroxylation is 1. The Balaban J connectivity index is 2.36. The molecule has 17 heavy (non-hydrogen) atoms. The summed E-state index contributed by atoms with van der Waals surface area (Å²) in [7, 11) is 0. The van der Waals surface area contributed by atoms with E-state index < -0.39 is 6.10 Å². The SMILES string of the molecule is Cc1ccc(C(O)c2ccc(Cl)cc2)c(Br)c1. The normalized spacial score (nSPS) is 12.5. The number of hydrogen-bond donors (Lipinski definition) is 1. The minimum atomic E-state index is -0.637. The van der Waals surface area contributed by atoms with Gasteiger partial charge in [0.25, 0.3) is 0 Å². The molecule has 1 N–H and O–H groups in total. The first kappa shape index (κ1) is 12.6. The van der Waals surface area contributed by atoms with E-state index in [9.17, 15) is 5.11 Å². The molecule has 0 spiro atoms. The molecule has 1 unspecified atom stereocenters. The molecule has 0 amide bonds. The van der Waals surface area contributed by atoms with E-state index in [1.165, 1.54) is 0 Å². The number of benzene rings is 2. The van der Waals surface area contributed by atoms with E-state index in [0.29, 0.717) is 5.02 Å². The Labute approximate surface area is 114 Å². The molecule has 2 rings (SSSR count). The van der Waals surface area contributed by atoms with E-state index in [1.54, 1.807) is 12.1 Å². The molecule has 2 aromatic carbocycles. The van der Waals surface area contributed by atoms with Crippen LogP contribution in [0.1, 0.15) is 22.8 Å². The lowest BCUT2D eigenvalue weighted by atomic mass is 10.0. The van der Waals surface area contributed by atoms with Crippen molar-refractivity contribution in [2.75, 3.05) is 0 Å². The highest BCUT2D eigenvalue weighted by molar-refractivity contribution is 9.10. The Morgan fingerprint density at radius 1 is 1.12 bits per heavy atom. The van der Waals surface area contributed by atoms with Crippen LogP contribution in [-0.2, 0) is 0 Å². The van der Waals surface area contributed by atoms with Crippen LogP contribution in [0.2, 0.25) is 5.02 Å². The van der Waals surface area contributed by atoms with Crippen LogP contribution >= 0.6 is 27.5 Å². The molecular formula is C14H12BrClO. The maximum Gasteiger partial charge on any atom is 0.105 e. The number of rotatable bonds is 2. The molecule has 1 atom stereocenters. The van der Waals surface area contributed by atoms with Crippen LogP contribution in [-0.4, -0.2) is 5.11 Å². The van der Waals surface area contributed by atoms with Crippen molar-refractivity contribution in [3.8, 4) is 0 Å². The third-order valence-corrected chi connectivity index (χ3v) is 3.58. The van der Waals surface area contributed by atoms with Crippen molar-refractivity contribution < 1.29 is 5.11 Å². The van der Waals surface area contributed by atoms with Gasteiger partial charge in [-0.1, -0.05) is 51.8 Å². The molecule has 0 aliphatic rings. The van der Waals surface area contributed by atoms with Gasteiger partial charge >= 0.3 is 0 Å². The van der Waals surface area contributed by atoms with Crippen LogP contribution < -0.4 is 0 Å². The molecule has 88 valence electrons. The third-order valence-electron chi connectivity index (χ3n) is 2.64. The smallest absolute Gasteiger partial charge is 0.105 e. The largest absolute Gasteiger partial charge is 0.384 e. The van der Waals surface area contributed by atoms with Gasteiger partial charge in [0, 0.05) is 9.50 Å². The van der Waals surface area contributed by atoms with Gasteiger partial charge in [0.2, 0.25) is 0 Å². The zero-order valence-corrected chi connectivity index (χ0v) is 11.7. The first-order valence-corrected chi connectivity index (χ1v) is 6.44. The lowest BCUT2D eigenvalue weighted by Crippen LogP contribution is -2.00. The average molecular weight is 312 g/mol. The predicted molar refractivity (Wildman–Crippen MR) is 74.4 cm³/mol. The van der Waals surface area contributed by atoms with Crippen molar-refractivity contribution >= 4 is 27.5 Å². The Bertz CT molecular complexity index is 522. The number of aliphatic hydroxyl groups excluding tert-OH is 1. The monoisotopic (exact) mass is 310 g/mol. The van der Waals surface area contributed by atoms with Crippen LogP contribution in [0, 0.1) is 6.92 Å². The molecule has 0 radical (unpaired) electrons. The molecule has 0 saturated carbocycles. The van der Waals surface area contributed by atoms with Crippen LogP contribution in [0.4, 0.5) is 0 Å². The van der Waals surface area contributed by atoms with Gasteiger partial charge in [-0.25, -0.2) is 0 Å². The summed E-state index contributed by atoms with van der Waals surface area (Å²) in [6.07, 6.45) is -0.637. The summed E-state index contributed by atoms with van der Waals surface area (Å²) in [4.78, 5) is 0. The Kier molecular flexibility index (Phi) is 3.87. The quantitative estimate of drug-likeness (QED) is 0.866. The highest BCUT2D eigenvalue weighted by Crippen LogP contribution is 2.29. The first-order chi connectivity index (χ1) is 8.08. The molecule has 0 saturated heterocycles. The van der Waals surface area contributed by atoms with Gasteiger partial charge in [-0.2, -0.15) is 0 Å². The van der Waals surface area contributed by atoms with Gasteiger partial charge in [-0.05, 0) is 41.8 Å². The molecule has 0 aromatic heterocycles. The van der Waals surface area contributed by atoms with Gasteiger partial charge in [-0.15, -0.1) is 0 Å². The summed E-state index contributed by atoms with van der Waals surface area (Å²) in [5.41, 5.74) is 2.85. The maximum absolute atomic E-state index is 10.3. The number of halogens is 2. The third kappa shape index (κ3) is 2.89. The summed E-state index contributed by atoms with van der Waals surface area (Å²) in [5.74, 6) is 0. The molecule has 0 aliphatic carbocycles. The molecule has 0 heterocycles. The van der Waals surface area contributed by atoms with E-state index in [4.69, 9.17) is 11.6 Å². The lowest BCUT2D eigenvalue weighted by Gasteiger charge is -2.14. The minimum absolute atomic E-state index is 0.637. The van der Waals surface area contributed by atoms with Crippen molar-refractivity contribution in [2.24, 2.45) is 0 Å². The summed E-state index contributed by atoms with van der Waals surface area (Å²) in [5, 5.41) is 11.0. The fourth-order valence-electron chi connectivity index (χ4n) is 1.68. The second kappa shape index (κ2) is 5.21. The zero-order valence-electron chi connectivity index (χ0n) is 9.32. The second-order valence-corrected chi connectivity index (χ2v) is 5.27. The first-order valence-electron chi connectivity index (χ1n) is 5.27. The minimum Gasteiger partial charge on any atom is -0.384 e. The Hall–Kier alpha value is -0.830. The molecule has 0 fully saturated rings. The van der Waals surface area contributed by atoms with Crippen molar-refractivity contribution in [1.82, 2.24) is 0 Å². The topological polar surface area (TPSA) is 20.2 Å². The molecular weight excluding hydrogens is 300 g/mol. The van der Waals surface area contributed by atoms with Gasteiger partial charge in [0.1, 0.15) is 6.10 Å². The van der Waals surface area contributed by atoms with Gasteiger partial charge in [0.05, 0.1) is 0 Å². The van der Waals surface area contributed by atoms with Gasteiger partial charge in [0.15, 0.2) is 0 Å². The van der Waals surface area contributed by atoms with Crippen LogP contribution in [0.5, 0.6) is 0 Å². The highest BCUT2D eigenvalue weighted by atomic mass is 79.9. The number of hydrogen-bond acceptors (Lipinski definition) is 1. The van der Waals surface area contributed by atoms with Crippen molar-refractivity contribution in [1.29, 1.82) is 0 Å². The summed E-state index contributed by atoms with van der Waals surface area (Å²) < 4.78 is 0.917. The summed E-state index contributed by atoms with van der Waals surface area (Å²) in [6.45, 7) is 2.02. The fourth-order valence-corrected chi connectivity index (χ4v) is 2.51. The van der Waals surface area contributed by atoms with E-state index in [1.807, 2.05) is 37.3 Å². The van der Waals surface area contributed by atoms with Crippen molar-refractivity contribution in [2.45, 2.75) is 13.0 Å². The predicted octanol–water partition coefficient (Wildman–Crippen LogP) is 4.49. The molecule has 3 heteroatoms. The zero-order chi connectivity index (χ0) is 12.4. The number of aliphatic hydroxyl groups is 1. The Morgan fingerprint density at radius 3 is 2.35 bits per heavy atom. The molecule has 0 bridgehead atoms. The van der Waals surface area contributed by atoms with Crippen molar-refractivity contribution in [3.63, 3.8) is 0 Å². The van der Waals surface area contributed by atoms with Crippen molar-refractivity contribution in [3.05, 3.63) is 68.7 Å². The standard InChI is InChI=1S/C14H12BrClO/c1-9-2-7-12(13(15)8-9)14(17)10-3-5-11(16)6-4-10/h2-8,14,17H,1H3. The Morgan fingerprint density at radius 2 is 1.76 bits per heavy atom. The molecule has 0 aliphatic heterocycles. The van der Waals surface area contributed by atoms with E-state index >= 15 is 0 Å². The van der Waals surface area contributed by atoms with E-state index in [0.717, 1.165) is 21.2 Å². The van der Waals surface area contributed by atoms with Crippen LogP contribution in [0.3, 0.4) is 0 Å². The van der Waals surface area contributed by atoms with E-state index in [-0.39, 0.29) is 0 Å². The van der Waals surface area contributed by atoms with Gasteiger partial charge < -0.3 is 5.11 Å². The average Bonchev–Trinajstić information content (AvgIpc) is 2.29. The lowest BCUT2D eigenvalue weighted by molar-refractivity contribution is 0.219. The van der Waals surface area contributed by atoms with E-state index in [2.05, 4.69) is 15.9 Å². The van der Waals surface area contributed by atoms with Crippen LogP contribution in [0.15, 0.2) is 46.9 Å². The molecule has 1 nitrogen and oxygen atoms in total. The summed E-state index contributed by atoms with van der Waals surface area (Å²) >= 11 is 9.30. The van der Waals surface area contributed by atoms with Gasteiger partial charge in [-0.3, -0.25) is 0 Å². The molecule has 2 aromatic rings. The second-order valence-electron chi connectivity index (χ2n) is 3.98. The van der Waals surface area contributed by atoms with Crippen LogP contribution in [0.25, 0.3) is 0 Å². The fraction of sp³-hybridized carbons (Fsp3) is 0.143. The highest BCUT2D eigenvalue weighted by Gasteiger charge is 2.13. The maximum atomic E-state index is 10.3.